The summed E-state index contributed by atoms with van der Waals surface area (Å²) in [4.78, 5) is 12.7. The fourth-order valence-electron chi connectivity index (χ4n) is 3.00. The topological polar surface area (TPSA) is 67.8 Å². The minimum absolute atomic E-state index is 0.0228. The first-order valence-corrected chi connectivity index (χ1v) is 9.76. The molecule has 0 aromatic heterocycles. The van der Waals surface area contributed by atoms with Crippen molar-refractivity contribution in [2.75, 3.05) is 18.5 Å². The lowest BCUT2D eigenvalue weighted by atomic mass is 9.93. The van der Waals surface area contributed by atoms with Gasteiger partial charge < -0.3 is 19.9 Å². The Kier molecular flexibility index (Phi) is 7.48. The molecule has 0 fully saturated rings. The number of aliphatic hydroxyl groups is 1. The first-order chi connectivity index (χ1) is 13.7. The summed E-state index contributed by atoms with van der Waals surface area (Å²) in [5.41, 5.74) is 1.74. The Labute approximate surface area is 169 Å². The normalized spacial score (nSPS) is 18.9. The first kappa shape index (κ1) is 20.4. The molecule has 28 heavy (non-hydrogen) atoms. The molecule has 0 radical (unpaired) electrons. The maximum atomic E-state index is 12.7. The van der Waals surface area contributed by atoms with Gasteiger partial charge >= 0.3 is 0 Å². The average molecular weight is 402 g/mol. The highest BCUT2D eigenvalue weighted by molar-refractivity contribution is 6.30. The van der Waals surface area contributed by atoms with Gasteiger partial charge in [-0.25, -0.2) is 0 Å². The Morgan fingerprint density at radius 3 is 2.61 bits per heavy atom. The van der Waals surface area contributed by atoms with E-state index < -0.39 is 6.29 Å². The highest BCUT2D eigenvalue weighted by Crippen LogP contribution is 2.32. The SMILES string of the molecule is O=C(Nc1ccccc1)C1=C[C@@H](c2ccc(Cl)cc2)C[C@@H](OCCCCO)O1. The summed E-state index contributed by atoms with van der Waals surface area (Å²) in [6.07, 6.45) is 3.31. The third kappa shape index (κ3) is 5.83. The number of ether oxygens (including phenoxy) is 2. The standard InChI is InChI=1S/C22H24ClNO4/c23-18-10-8-16(9-11-18)17-14-20(22(26)24-19-6-2-1-3-7-19)28-21(15-17)27-13-5-4-12-25/h1-3,6-11,14,17,21,25H,4-5,12-13,15H2,(H,24,26)/t17-,21+/m1/s1. The summed E-state index contributed by atoms with van der Waals surface area (Å²) >= 11 is 6.00. The maximum Gasteiger partial charge on any atom is 0.290 e. The van der Waals surface area contributed by atoms with Crippen molar-refractivity contribution in [2.24, 2.45) is 0 Å². The van der Waals surface area contributed by atoms with E-state index in [-0.39, 0.29) is 24.2 Å². The first-order valence-electron chi connectivity index (χ1n) is 9.38. The van der Waals surface area contributed by atoms with Crippen molar-refractivity contribution in [2.45, 2.75) is 31.5 Å². The van der Waals surface area contributed by atoms with Crippen LogP contribution in [-0.4, -0.2) is 30.5 Å². The van der Waals surface area contributed by atoms with Gasteiger partial charge in [-0.3, -0.25) is 4.79 Å². The number of hydrogen-bond donors (Lipinski definition) is 2. The van der Waals surface area contributed by atoms with E-state index in [0.29, 0.717) is 30.2 Å². The molecule has 3 rings (SSSR count). The third-order valence-electron chi connectivity index (χ3n) is 4.47. The maximum absolute atomic E-state index is 12.7. The van der Waals surface area contributed by atoms with Gasteiger partial charge in [0.1, 0.15) is 0 Å². The summed E-state index contributed by atoms with van der Waals surface area (Å²) in [6.45, 7) is 0.596. The van der Waals surface area contributed by atoms with Crippen LogP contribution in [0.4, 0.5) is 5.69 Å². The van der Waals surface area contributed by atoms with Crippen LogP contribution in [-0.2, 0) is 14.3 Å². The van der Waals surface area contributed by atoms with Gasteiger partial charge in [-0.1, -0.05) is 41.9 Å². The van der Waals surface area contributed by atoms with Crippen LogP contribution in [0.25, 0.3) is 0 Å². The van der Waals surface area contributed by atoms with E-state index in [1.54, 1.807) is 0 Å². The van der Waals surface area contributed by atoms with Crippen LogP contribution in [0.3, 0.4) is 0 Å². The smallest absolute Gasteiger partial charge is 0.290 e. The number of hydrogen-bond acceptors (Lipinski definition) is 4. The van der Waals surface area contributed by atoms with Crippen molar-refractivity contribution in [1.82, 2.24) is 0 Å². The molecule has 1 amide bonds. The molecule has 2 aromatic rings. The molecule has 0 aliphatic carbocycles. The van der Waals surface area contributed by atoms with Gasteiger partial charge in [-0.05, 0) is 48.7 Å². The summed E-state index contributed by atoms with van der Waals surface area (Å²) in [7, 11) is 0. The van der Waals surface area contributed by atoms with Crippen molar-refractivity contribution < 1.29 is 19.4 Å². The molecule has 0 spiro atoms. The lowest BCUT2D eigenvalue weighted by Crippen LogP contribution is -2.29. The molecule has 1 aliphatic heterocycles. The van der Waals surface area contributed by atoms with Crippen molar-refractivity contribution in [1.29, 1.82) is 0 Å². The Morgan fingerprint density at radius 2 is 1.89 bits per heavy atom. The van der Waals surface area contributed by atoms with Gasteiger partial charge in [0, 0.05) is 29.7 Å². The minimum atomic E-state index is -0.527. The number of aliphatic hydroxyl groups excluding tert-OH is 1. The second-order valence-corrected chi connectivity index (χ2v) is 7.03. The zero-order valence-corrected chi connectivity index (χ0v) is 16.3. The van der Waals surface area contributed by atoms with Crippen LogP contribution in [0.1, 0.15) is 30.7 Å². The van der Waals surface area contributed by atoms with Crippen LogP contribution in [0.5, 0.6) is 0 Å². The molecule has 1 aliphatic rings. The van der Waals surface area contributed by atoms with Gasteiger partial charge in [-0.15, -0.1) is 0 Å². The number of benzene rings is 2. The van der Waals surface area contributed by atoms with Crippen LogP contribution in [0, 0.1) is 0 Å². The van der Waals surface area contributed by atoms with E-state index in [9.17, 15) is 4.79 Å². The Hall–Kier alpha value is -2.34. The molecule has 148 valence electrons. The molecule has 0 saturated carbocycles. The molecule has 0 bridgehead atoms. The van der Waals surface area contributed by atoms with Gasteiger partial charge in [0.2, 0.25) is 6.29 Å². The van der Waals surface area contributed by atoms with Crippen molar-refractivity contribution >= 4 is 23.2 Å². The number of unbranched alkanes of at least 4 members (excludes halogenated alkanes) is 1. The van der Waals surface area contributed by atoms with Gasteiger partial charge in [0.25, 0.3) is 5.91 Å². The molecule has 5 nitrogen and oxygen atoms in total. The number of allylic oxidation sites excluding steroid dienone is 1. The molecule has 1 heterocycles. The average Bonchev–Trinajstić information content (AvgIpc) is 2.72. The summed E-state index contributed by atoms with van der Waals surface area (Å²) in [5, 5.41) is 12.4. The van der Waals surface area contributed by atoms with Crippen molar-refractivity contribution in [3.05, 3.63) is 77.0 Å². The predicted octanol–water partition coefficient (Wildman–Crippen LogP) is 4.48. The summed E-state index contributed by atoms with van der Waals surface area (Å²) < 4.78 is 11.6. The fraction of sp³-hybridized carbons (Fsp3) is 0.318. The number of amides is 1. The van der Waals surface area contributed by atoms with Crippen molar-refractivity contribution in [3.8, 4) is 0 Å². The van der Waals surface area contributed by atoms with Crippen LogP contribution >= 0.6 is 11.6 Å². The monoisotopic (exact) mass is 401 g/mol. The van der Waals surface area contributed by atoms with E-state index in [4.69, 9.17) is 26.2 Å². The summed E-state index contributed by atoms with van der Waals surface area (Å²) in [5.74, 6) is -0.0959. The third-order valence-corrected chi connectivity index (χ3v) is 4.72. The lowest BCUT2D eigenvalue weighted by Gasteiger charge is -2.29. The molecular formula is C22H24ClNO4. The van der Waals surface area contributed by atoms with Crippen LogP contribution in [0.15, 0.2) is 66.4 Å². The van der Waals surface area contributed by atoms with Crippen LogP contribution in [0.2, 0.25) is 5.02 Å². The lowest BCUT2D eigenvalue weighted by molar-refractivity contribution is -0.143. The Bertz CT molecular complexity index is 792. The molecule has 2 aromatic carbocycles. The van der Waals surface area contributed by atoms with Crippen LogP contribution < -0.4 is 5.32 Å². The van der Waals surface area contributed by atoms with E-state index in [0.717, 1.165) is 12.0 Å². The fourth-order valence-corrected chi connectivity index (χ4v) is 3.13. The highest BCUT2D eigenvalue weighted by atomic mass is 35.5. The molecule has 0 unspecified atom stereocenters. The summed E-state index contributed by atoms with van der Waals surface area (Å²) in [6, 6.07) is 16.8. The minimum Gasteiger partial charge on any atom is -0.459 e. The zero-order valence-electron chi connectivity index (χ0n) is 15.5. The Morgan fingerprint density at radius 1 is 1.14 bits per heavy atom. The second kappa shape index (κ2) is 10.3. The number of anilines is 1. The van der Waals surface area contributed by atoms with E-state index in [2.05, 4.69) is 5.32 Å². The quantitative estimate of drug-likeness (QED) is 0.640. The van der Waals surface area contributed by atoms with E-state index >= 15 is 0 Å². The molecule has 0 saturated heterocycles. The Balaban J connectivity index is 1.74. The largest absolute Gasteiger partial charge is 0.459 e. The predicted molar refractivity (Wildman–Crippen MR) is 109 cm³/mol. The number of para-hydroxylation sites is 1. The molecule has 6 heteroatoms. The number of rotatable bonds is 8. The molecule has 2 N–H and O–H groups in total. The van der Waals surface area contributed by atoms with Gasteiger partial charge in [-0.2, -0.15) is 0 Å². The number of carbonyl (C=O) groups excluding carboxylic acids is 1. The molecule has 2 atom stereocenters. The number of halogens is 1. The molecular weight excluding hydrogens is 378 g/mol. The van der Waals surface area contributed by atoms with E-state index in [1.807, 2.05) is 60.7 Å². The highest BCUT2D eigenvalue weighted by Gasteiger charge is 2.28. The van der Waals surface area contributed by atoms with Crippen molar-refractivity contribution in [3.63, 3.8) is 0 Å². The number of nitrogens with one attached hydrogen (secondary N) is 1. The van der Waals surface area contributed by atoms with Gasteiger partial charge in [0.15, 0.2) is 5.76 Å². The van der Waals surface area contributed by atoms with Gasteiger partial charge in [0.05, 0.1) is 6.61 Å². The zero-order chi connectivity index (χ0) is 19.8. The number of carbonyl (C=O) groups is 1. The van der Waals surface area contributed by atoms with E-state index in [1.165, 1.54) is 0 Å². The second-order valence-electron chi connectivity index (χ2n) is 6.59.